The Bertz CT molecular complexity index is 436. The lowest BCUT2D eigenvalue weighted by Gasteiger charge is -2.15. The predicted octanol–water partition coefficient (Wildman–Crippen LogP) is 3.48. The van der Waals surface area contributed by atoms with Gasteiger partial charge in [0, 0.05) is 23.9 Å². The number of halogens is 1. The van der Waals surface area contributed by atoms with Crippen molar-refractivity contribution in [2.45, 2.75) is 12.3 Å². The van der Waals surface area contributed by atoms with E-state index in [0.29, 0.717) is 5.92 Å². The van der Waals surface area contributed by atoms with Crippen LogP contribution >= 0.6 is 11.6 Å². The van der Waals surface area contributed by atoms with Crippen molar-refractivity contribution < 1.29 is 4.42 Å². The molecule has 2 nitrogen and oxygen atoms in total. The molecule has 1 aromatic heterocycles. The lowest BCUT2D eigenvalue weighted by atomic mass is 9.94. The Kier molecular flexibility index (Phi) is 4.24. The Hall–Kier alpha value is -1.25. The van der Waals surface area contributed by atoms with E-state index in [4.69, 9.17) is 16.0 Å². The smallest absolute Gasteiger partial charge is 0.104 e. The zero-order chi connectivity index (χ0) is 12.1. The Balaban J connectivity index is 2.13. The second kappa shape index (κ2) is 5.89. The summed E-state index contributed by atoms with van der Waals surface area (Å²) in [6.45, 7) is 0.919. The number of hydrogen-bond acceptors (Lipinski definition) is 2. The second-order valence-electron chi connectivity index (χ2n) is 4.09. The summed E-state index contributed by atoms with van der Waals surface area (Å²) >= 11 is 5.90. The van der Waals surface area contributed by atoms with Crippen LogP contribution in [0.3, 0.4) is 0 Å². The van der Waals surface area contributed by atoms with Crippen LogP contribution in [0.25, 0.3) is 0 Å². The molecule has 90 valence electrons. The summed E-state index contributed by atoms with van der Waals surface area (Å²) < 4.78 is 5.40. The number of nitrogens with one attached hydrogen (secondary N) is 1. The van der Waals surface area contributed by atoms with Gasteiger partial charge in [0.1, 0.15) is 5.76 Å². The van der Waals surface area contributed by atoms with Gasteiger partial charge in [0.05, 0.1) is 6.26 Å². The molecular formula is C14H16ClNO. The number of furan rings is 1. The van der Waals surface area contributed by atoms with E-state index in [1.807, 2.05) is 31.3 Å². The molecule has 3 heteroatoms. The van der Waals surface area contributed by atoms with E-state index in [0.717, 1.165) is 23.7 Å². The van der Waals surface area contributed by atoms with Crippen LogP contribution in [0, 0.1) is 0 Å². The molecular weight excluding hydrogens is 234 g/mol. The van der Waals surface area contributed by atoms with Crippen molar-refractivity contribution in [1.82, 2.24) is 5.32 Å². The van der Waals surface area contributed by atoms with Crippen LogP contribution in [-0.2, 0) is 6.42 Å². The van der Waals surface area contributed by atoms with Crippen molar-refractivity contribution in [3.63, 3.8) is 0 Å². The fourth-order valence-electron chi connectivity index (χ4n) is 1.96. The average molecular weight is 250 g/mol. The van der Waals surface area contributed by atoms with Gasteiger partial charge in [-0.2, -0.15) is 0 Å². The summed E-state index contributed by atoms with van der Waals surface area (Å²) in [7, 11) is 1.96. The molecule has 0 fully saturated rings. The molecule has 0 aliphatic carbocycles. The Labute approximate surface area is 107 Å². The topological polar surface area (TPSA) is 25.2 Å². The molecule has 0 saturated heterocycles. The van der Waals surface area contributed by atoms with E-state index in [9.17, 15) is 0 Å². The third-order valence-electron chi connectivity index (χ3n) is 2.82. The SMILES string of the molecule is CNCC(Cc1ccco1)c1ccc(Cl)cc1. The fraction of sp³-hybridized carbons (Fsp3) is 0.286. The second-order valence-corrected chi connectivity index (χ2v) is 4.53. The van der Waals surface area contributed by atoms with Crippen LogP contribution in [0.15, 0.2) is 47.1 Å². The Morgan fingerprint density at radius 2 is 2.00 bits per heavy atom. The lowest BCUT2D eigenvalue weighted by molar-refractivity contribution is 0.479. The first-order valence-corrected chi connectivity index (χ1v) is 6.10. The molecule has 0 radical (unpaired) electrons. The van der Waals surface area contributed by atoms with Crippen molar-refractivity contribution in [3.8, 4) is 0 Å². The number of benzene rings is 1. The summed E-state index contributed by atoms with van der Waals surface area (Å²) in [6.07, 6.45) is 2.61. The van der Waals surface area contributed by atoms with Crippen molar-refractivity contribution in [2.24, 2.45) is 0 Å². The van der Waals surface area contributed by atoms with Gasteiger partial charge in [-0.05, 0) is 36.9 Å². The third kappa shape index (κ3) is 3.35. The standard InChI is InChI=1S/C14H16ClNO/c1-16-10-12(9-14-3-2-8-17-14)11-4-6-13(15)7-5-11/h2-8,12,16H,9-10H2,1H3. The van der Waals surface area contributed by atoms with Crippen molar-refractivity contribution in [2.75, 3.05) is 13.6 Å². The largest absolute Gasteiger partial charge is 0.469 e. The maximum atomic E-state index is 5.90. The molecule has 0 saturated carbocycles. The zero-order valence-electron chi connectivity index (χ0n) is 9.82. The molecule has 0 aliphatic rings. The molecule has 1 N–H and O–H groups in total. The molecule has 2 rings (SSSR count). The van der Waals surface area contributed by atoms with Crippen LogP contribution < -0.4 is 5.32 Å². The molecule has 1 aromatic carbocycles. The van der Waals surface area contributed by atoms with Crippen LogP contribution in [0.2, 0.25) is 5.02 Å². The van der Waals surface area contributed by atoms with Crippen LogP contribution in [0.5, 0.6) is 0 Å². The maximum Gasteiger partial charge on any atom is 0.104 e. The molecule has 0 amide bonds. The minimum atomic E-state index is 0.406. The normalized spacial score (nSPS) is 12.6. The van der Waals surface area contributed by atoms with Crippen LogP contribution in [-0.4, -0.2) is 13.6 Å². The van der Waals surface area contributed by atoms with E-state index in [2.05, 4.69) is 17.4 Å². The van der Waals surface area contributed by atoms with Gasteiger partial charge in [0.15, 0.2) is 0 Å². The van der Waals surface area contributed by atoms with E-state index in [1.165, 1.54) is 5.56 Å². The summed E-state index contributed by atoms with van der Waals surface area (Å²) in [5, 5.41) is 3.99. The highest BCUT2D eigenvalue weighted by Crippen LogP contribution is 2.22. The molecule has 1 unspecified atom stereocenters. The molecule has 0 bridgehead atoms. The van der Waals surface area contributed by atoms with E-state index >= 15 is 0 Å². The molecule has 17 heavy (non-hydrogen) atoms. The minimum absolute atomic E-state index is 0.406. The van der Waals surface area contributed by atoms with Gasteiger partial charge >= 0.3 is 0 Å². The Morgan fingerprint density at radius 1 is 1.24 bits per heavy atom. The van der Waals surface area contributed by atoms with Crippen molar-refractivity contribution in [1.29, 1.82) is 0 Å². The Morgan fingerprint density at radius 3 is 2.59 bits per heavy atom. The highest BCUT2D eigenvalue weighted by Gasteiger charge is 2.13. The highest BCUT2D eigenvalue weighted by atomic mass is 35.5. The minimum Gasteiger partial charge on any atom is -0.469 e. The van der Waals surface area contributed by atoms with Crippen molar-refractivity contribution in [3.05, 3.63) is 59.0 Å². The predicted molar refractivity (Wildman–Crippen MR) is 70.5 cm³/mol. The molecule has 2 aromatic rings. The molecule has 1 atom stereocenters. The van der Waals surface area contributed by atoms with Crippen LogP contribution in [0.1, 0.15) is 17.2 Å². The molecule has 1 heterocycles. The van der Waals surface area contributed by atoms with Gasteiger partial charge in [0.25, 0.3) is 0 Å². The first kappa shape index (κ1) is 12.2. The third-order valence-corrected chi connectivity index (χ3v) is 3.07. The molecule has 0 spiro atoms. The molecule has 0 aliphatic heterocycles. The highest BCUT2D eigenvalue weighted by molar-refractivity contribution is 6.30. The summed E-state index contributed by atoms with van der Waals surface area (Å²) in [5.41, 5.74) is 1.28. The monoisotopic (exact) mass is 249 g/mol. The quantitative estimate of drug-likeness (QED) is 0.878. The van der Waals surface area contributed by atoms with Gasteiger partial charge < -0.3 is 9.73 Å². The lowest BCUT2D eigenvalue weighted by Crippen LogP contribution is -2.19. The van der Waals surface area contributed by atoms with Gasteiger partial charge in [-0.15, -0.1) is 0 Å². The van der Waals surface area contributed by atoms with Gasteiger partial charge in [-0.3, -0.25) is 0 Å². The summed E-state index contributed by atoms with van der Waals surface area (Å²) in [4.78, 5) is 0. The zero-order valence-corrected chi connectivity index (χ0v) is 10.6. The van der Waals surface area contributed by atoms with Gasteiger partial charge in [-0.25, -0.2) is 0 Å². The summed E-state index contributed by atoms with van der Waals surface area (Å²) in [5.74, 6) is 1.42. The number of likely N-dealkylation sites (N-methyl/N-ethyl adjacent to an activating group) is 1. The van der Waals surface area contributed by atoms with Crippen LogP contribution in [0.4, 0.5) is 0 Å². The van der Waals surface area contributed by atoms with E-state index < -0.39 is 0 Å². The van der Waals surface area contributed by atoms with Gasteiger partial charge in [-0.1, -0.05) is 23.7 Å². The average Bonchev–Trinajstić information content (AvgIpc) is 2.82. The van der Waals surface area contributed by atoms with E-state index in [1.54, 1.807) is 6.26 Å². The maximum absolute atomic E-state index is 5.90. The first-order valence-electron chi connectivity index (χ1n) is 5.72. The van der Waals surface area contributed by atoms with Gasteiger partial charge in [0.2, 0.25) is 0 Å². The van der Waals surface area contributed by atoms with E-state index in [-0.39, 0.29) is 0 Å². The first-order chi connectivity index (χ1) is 8.29. The fourth-order valence-corrected chi connectivity index (χ4v) is 2.09. The summed E-state index contributed by atoms with van der Waals surface area (Å²) in [6, 6.07) is 12.0. The number of hydrogen-bond donors (Lipinski definition) is 1. The number of rotatable bonds is 5. The van der Waals surface area contributed by atoms with Crippen molar-refractivity contribution >= 4 is 11.6 Å².